The third-order valence-corrected chi connectivity index (χ3v) is 5.68. The molecule has 0 aliphatic rings. The molecule has 6 nitrogen and oxygen atoms in total. The van der Waals surface area contributed by atoms with Gasteiger partial charge in [-0.05, 0) is 19.4 Å². The summed E-state index contributed by atoms with van der Waals surface area (Å²) in [5.74, 6) is 0.856. The predicted molar refractivity (Wildman–Crippen MR) is 89.5 cm³/mol. The van der Waals surface area contributed by atoms with E-state index in [1.54, 1.807) is 19.1 Å². The van der Waals surface area contributed by atoms with E-state index in [1.807, 2.05) is 13.8 Å². The van der Waals surface area contributed by atoms with Crippen LogP contribution in [-0.2, 0) is 16.4 Å². The number of sulfonamides is 1. The van der Waals surface area contributed by atoms with E-state index < -0.39 is 10.0 Å². The summed E-state index contributed by atoms with van der Waals surface area (Å²) in [7, 11) is -3.81. The number of aryl methyl sites for hydroxylation is 2. The van der Waals surface area contributed by atoms with Crippen LogP contribution >= 0.6 is 11.6 Å². The van der Waals surface area contributed by atoms with Crippen molar-refractivity contribution in [1.82, 2.24) is 10.1 Å². The monoisotopic (exact) mass is 353 g/mol. The molecule has 0 spiro atoms. The molecule has 2 N–H and O–H groups in total. The van der Waals surface area contributed by atoms with Crippen molar-refractivity contribution in [2.75, 3.05) is 4.72 Å². The molecule has 1 aromatic carbocycles. The predicted octanol–water partition coefficient (Wildman–Crippen LogP) is 3.79. The van der Waals surface area contributed by atoms with Gasteiger partial charge in [0.05, 0.1) is 10.5 Å². The lowest BCUT2D eigenvalue weighted by Gasteiger charge is -2.05. The number of nitrogens with zero attached hydrogens (tertiary/aromatic N) is 1. The molecule has 0 atom stereocenters. The Morgan fingerprint density at radius 3 is 2.74 bits per heavy atom. The number of hydrogen-bond donors (Lipinski definition) is 2. The Bertz CT molecular complexity index is 989. The van der Waals surface area contributed by atoms with Gasteiger partial charge in [-0.3, -0.25) is 4.72 Å². The summed E-state index contributed by atoms with van der Waals surface area (Å²) in [5.41, 5.74) is 2.15. The molecule has 3 rings (SSSR count). The fraction of sp³-hybridized carbons (Fsp3) is 0.267. The summed E-state index contributed by atoms with van der Waals surface area (Å²) in [6, 6.07) is 3.52. The molecule has 0 aliphatic carbocycles. The van der Waals surface area contributed by atoms with Crippen molar-refractivity contribution in [1.29, 1.82) is 0 Å². The van der Waals surface area contributed by atoms with Gasteiger partial charge in [0.2, 0.25) is 0 Å². The van der Waals surface area contributed by atoms with Gasteiger partial charge in [0.1, 0.15) is 10.7 Å². The Hall–Kier alpha value is -1.99. The minimum Gasteiger partial charge on any atom is -0.359 e. The molecule has 0 bridgehead atoms. The van der Waals surface area contributed by atoms with Crippen molar-refractivity contribution >= 4 is 38.3 Å². The number of rotatable bonds is 4. The molecular formula is C15H16ClN3O3S. The van der Waals surface area contributed by atoms with E-state index >= 15 is 0 Å². The van der Waals surface area contributed by atoms with E-state index in [2.05, 4.69) is 14.9 Å². The number of nitrogens with one attached hydrogen (secondary N) is 2. The second-order valence-electron chi connectivity index (χ2n) is 5.31. The molecule has 0 aliphatic heterocycles. The highest BCUT2D eigenvalue weighted by atomic mass is 35.5. The van der Waals surface area contributed by atoms with Gasteiger partial charge in [-0.15, -0.1) is 0 Å². The van der Waals surface area contributed by atoms with Crippen LogP contribution in [0.2, 0.25) is 5.02 Å². The average molecular weight is 354 g/mol. The largest absolute Gasteiger partial charge is 0.359 e. The van der Waals surface area contributed by atoms with Gasteiger partial charge >= 0.3 is 0 Å². The normalized spacial score (nSPS) is 12.0. The second kappa shape index (κ2) is 5.58. The number of anilines is 1. The minimum absolute atomic E-state index is 0.120. The lowest BCUT2D eigenvalue weighted by Crippen LogP contribution is -2.13. The Labute approximate surface area is 138 Å². The SMILES string of the molecule is CCc1onc(NS(=O)(=O)c2c[nH]c3c(Cl)c(C)ccc23)c1C. The summed E-state index contributed by atoms with van der Waals surface area (Å²) < 4.78 is 32.9. The first-order chi connectivity index (χ1) is 10.8. The summed E-state index contributed by atoms with van der Waals surface area (Å²) >= 11 is 6.22. The standard InChI is InChI=1S/C15H16ClN3O3S/c1-4-11-9(3)15(18-22-11)19-23(20,21)12-7-17-14-10(12)6-5-8(2)13(14)16/h5-7,17H,4H2,1-3H3,(H,18,19). The van der Waals surface area contributed by atoms with Gasteiger partial charge in [0.25, 0.3) is 10.0 Å². The third kappa shape index (κ3) is 2.60. The topological polar surface area (TPSA) is 88.0 Å². The van der Waals surface area contributed by atoms with Gasteiger partial charge in [-0.1, -0.05) is 35.8 Å². The Morgan fingerprint density at radius 2 is 2.09 bits per heavy atom. The number of benzene rings is 1. The number of hydrogen-bond acceptors (Lipinski definition) is 4. The van der Waals surface area contributed by atoms with E-state index in [9.17, 15) is 8.42 Å². The van der Waals surface area contributed by atoms with Crippen molar-refractivity contribution in [3.8, 4) is 0 Å². The van der Waals surface area contributed by atoms with E-state index in [1.165, 1.54) is 6.20 Å². The van der Waals surface area contributed by atoms with Crippen LogP contribution in [0.5, 0.6) is 0 Å². The first-order valence-electron chi connectivity index (χ1n) is 7.09. The maximum Gasteiger partial charge on any atom is 0.265 e. The second-order valence-corrected chi connectivity index (χ2v) is 7.34. The van der Waals surface area contributed by atoms with Crippen LogP contribution in [0.3, 0.4) is 0 Å². The zero-order valence-electron chi connectivity index (χ0n) is 12.9. The molecule has 2 heterocycles. The first-order valence-corrected chi connectivity index (χ1v) is 8.95. The van der Waals surface area contributed by atoms with Crippen LogP contribution in [0.25, 0.3) is 10.9 Å². The molecule has 0 radical (unpaired) electrons. The number of aromatic nitrogens is 2. The highest BCUT2D eigenvalue weighted by Crippen LogP contribution is 2.31. The highest BCUT2D eigenvalue weighted by Gasteiger charge is 2.23. The lowest BCUT2D eigenvalue weighted by atomic mass is 10.2. The smallest absolute Gasteiger partial charge is 0.265 e. The Kier molecular flexibility index (Phi) is 3.85. The molecule has 8 heteroatoms. The molecule has 122 valence electrons. The van der Waals surface area contributed by atoms with Crippen LogP contribution in [0.1, 0.15) is 23.8 Å². The van der Waals surface area contributed by atoms with Crippen LogP contribution in [0, 0.1) is 13.8 Å². The molecule has 0 saturated heterocycles. The maximum absolute atomic E-state index is 12.7. The summed E-state index contributed by atoms with van der Waals surface area (Å²) in [6.45, 7) is 5.54. The molecular weight excluding hydrogens is 338 g/mol. The quantitative estimate of drug-likeness (QED) is 0.746. The molecule has 0 fully saturated rings. The van der Waals surface area contributed by atoms with Crippen LogP contribution in [-0.4, -0.2) is 18.6 Å². The highest BCUT2D eigenvalue weighted by molar-refractivity contribution is 7.93. The van der Waals surface area contributed by atoms with E-state index in [0.717, 1.165) is 5.56 Å². The average Bonchev–Trinajstić information content (AvgIpc) is 3.08. The Morgan fingerprint density at radius 1 is 1.35 bits per heavy atom. The zero-order chi connectivity index (χ0) is 16.8. The summed E-state index contributed by atoms with van der Waals surface area (Å²) in [6.07, 6.45) is 2.07. The number of H-pyrrole nitrogens is 1. The Balaban J connectivity index is 2.06. The van der Waals surface area contributed by atoms with Gasteiger partial charge in [-0.2, -0.15) is 0 Å². The third-order valence-electron chi connectivity index (χ3n) is 3.81. The fourth-order valence-corrected chi connectivity index (χ4v) is 3.89. The zero-order valence-corrected chi connectivity index (χ0v) is 14.5. The number of aromatic amines is 1. The number of halogens is 1. The number of fused-ring (bicyclic) bond motifs is 1. The van der Waals surface area contributed by atoms with Crippen molar-refractivity contribution in [2.45, 2.75) is 32.1 Å². The lowest BCUT2D eigenvalue weighted by molar-refractivity contribution is 0.388. The van der Waals surface area contributed by atoms with E-state index in [-0.39, 0.29) is 10.7 Å². The molecule has 0 unspecified atom stereocenters. The molecule has 3 aromatic rings. The van der Waals surface area contributed by atoms with Gasteiger partial charge in [0, 0.05) is 23.6 Å². The van der Waals surface area contributed by atoms with Crippen LogP contribution in [0.4, 0.5) is 5.82 Å². The van der Waals surface area contributed by atoms with Crippen molar-refractivity contribution in [2.24, 2.45) is 0 Å². The van der Waals surface area contributed by atoms with Crippen molar-refractivity contribution in [3.63, 3.8) is 0 Å². The minimum atomic E-state index is -3.81. The molecule has 2 aromatic heterocycles. The summed E-state index contributed by atoms with van der Waals surface area (Å²) in [4.78, 5) is 3.05. The van der Waals surface area contributed by atoms with Gasteiger partial charge in [-0.25, -0.2) is 8.42 Å². The molecule has 0 amide bonds. The van der Waals surface area contributed by atoms with Crippen LogP contribution in [0.15, 0.2) is 27.7 Å². The van der Waals surface area contributed by atoms with Crippen molar-refractivity contribution < 1.29 is 12.9 Å². The van der Waals surface area contributed by atoms with E-state index in [0.29, 0.717) is 33.7 Å². The molecule has 23 heavy (non-hydrogen) atoms. The van der Waals surface area contributed by atoms with Crippen molar-refractivity contribution in [3.05, 3.63) is 40.2 Å². The van der Waals surface area contributed by atoms with Crippen LogP contribution < -0.4 is 4.72 Å². The van der Waals surface area contributed by atoms with Gasteiger partial charge in [0.15, 0.2) is 5.82 Å². The molecule has 0 saturated carbocycles. The van der Waals surface area contributed by atoms with Gasteiger partial charge < -0.3 is 9.51 Å². The summed E-state index contributed by atoms with van der Waals surface area (Å²) in [5, 5.41) is 4.83. The maximum atomic E-state index is 12.7. The first kappa shape index (κ1) is 15.9. The fourth-order valence-electron chi connectivity index (χ4n) is 2.44. The van der Waals surface area contributed by atoms with E-state index in [4.69, 9.17) is 16.1 Å².